The van der Waals surface area contributed by atoms with Gasteiger partial charge in [0.2, 0.25) is 11.8 Å². The van der Waals surface area contributed by atoms with Crippen LogP contribution in [0.3, 0.4) is 0 Å². The number of rotatable bonds is 8. The molecule has 16 rings (SSSR count). The van der Waals surface area contributed by atoms with Crippen molar-refractivity contribution in [2.24, 2.45) is 0 Å². The molecule has 0 fully saturated rings. The van der Waals surface area contributed by atoms with Gasteiger partial charge in [0.15, 0.2) is 0 Å². The highest BCUT2D eigenvalue weighted by Gasteiger charge is 2.45. The lowest BCUT2D eigenvalue weighted by Crippen LogP contribution is -2.30. The van der Waals surface area contributed by atoms with Gasteiger partial charge in [-0.25, -0.2) is 9.80 Å². The molecular weight excluding hydrogens is 1040 g/mol. The molecule has 6 heterocycles. The first-order chi connectivity index (χ1) is 40.0. The van der Waals surface area contributed by atoms with Gasteiger partial charge in [-0.2, -0.15) is 9.80 Å². The van der Waals surface area contributed by atoms with Crippen molar-refractivity contribution in [3.63, 3.8) is 0 Å². The molecule has 0 spiro atoms. The summed E-state index contributed by atoms with van der Waals surface area (Å²) in [6.07, 6.45) is 0. The van der Waals surface area contributed by atoms with Crippen molar-refractivity contribution in [3.8, 4) is 45.2 Å². The van der Waals surface area contributed by atoms with Gasteiger partial charge in [-0.05, 0) is 117 Å². The molecule has 0 aliphatic carbocycles. The largest absolute Gasteiger partial charge is 0.403 e. The number of amides is 8. The average Bonchev–Trinajstić information content (AvgIpc) is 4.54. The number of carbonyl (C=O) groups excluding carboxylic acids is 8. The van der Waals surface area contributed by atoms with Gasteiger partial charge >= 0.3 is 12.0 Å². The molecule has 18 heteroatoms. The lowest BCUT2D eigenvalue weighted by atomic mass is 9.92. The first-order valence-corrected chi connectivity index (χ1v) is 25.6. The number of carbonyl (C=O) groups is 8. The summed E-state index contributed by atoms with van der Waals surface area (Å²) in [4.78, 5) is 118. The lowest BCUT2D eigenvalue weighted by Gasteiger charge is -2.22. The van der Waals surface area contributed by atoms with Gasteiger partial charge in [0.05, 0.1) is 55.9 Å². The molecule has 12 aromatic rings. The molecule has 2 aromatic heterocycles. The lowest BCUT2D eigenvalue weighted by molar-refractivity contribution is 0.0902. The third-order valence-corrected chi connectivity index (χ3v) is 15.6. The summed E-state index contributed by atoms with van der Waals surface area (Å²) in [5.41, 5.74) is 4.07. The molecule has 4 aliphatic rings. The molecule has 10 aromatic carbocycles. The van der Waals surface area contributed by atoms with Crippen LogP contribution in [0, 0.1) is 0 Å². The van der Waals surface area contributed by atoms with Gasteiger partial charge in [0, 0.05) is 21.9 Å². The highest BCUT2D eigenvalue weighted by atomic mass is 16.4. The standard InChI is InChI=1S/C64H30N8O10/c73-55-39-23-19-35(38-14-8-16-44-52(38)62(80)72(58(44)76)64-68-66-54(82-64)34-11-5-2-6-12-34)29-45(39)59(77)69(55)47-27-21-31-18-26-42-48(28-22-32-17-25-41(47)49(31)50(32)42)70-57(75)43-15-7-13-37(51(43)61(70)79)36-20-24-40-46(30-36)60(78)71(56(40)74)63-67-65-53(81-63)33-9-3-1-4-10-33/h1-30H. The quantitative estimate of drug-likeness (QED) is 0.102. The maximum Gasteiger partial charge on any atom is 0.332 e. The van der Waals surface area contributed by atoms with Crippen molar-refractivity contribution in [1.82, 2.24) is 20.4 Å². The van der Waals surface area contributed by atoms with Gasteiger partial charge in [-0.1, -0.05) is 119 Å². The Hall–Kier alpha value is -11.9. The van der Waals surface area contributed by atoms with Crippen LogP contribution in [-0.4, -0.2) is 67.7 Å². The molecule has 0 radical (unpaired) electrons. The fraction of sp³-hybridized carbons (Fsp3) is 0. The monoisotopic (exact) mass is 1070 g/mol. The van der Waals surface area contributed by atoms with Gasteiger partial charge in [-0.3, -0.25) is 38.4 Å². The number of aromatic nitrogens is 4. The Bertz CT molecular complexity index is 4970. The number of anilines is 4. The van der Waals surface area contributed by atoms with E-state index in [1.165, 1.54) is 24.3 Å². The van der Waals surface area contributed by atoms with Crippen molar-refractivity contribution in [2.45, 2.75) is 0 Å². The van der Waals surface area contributed by atoms with E-state index in [9.17, 15) is 38.4 Å². The van der Waals surface area contributed by atoms with E-state index in [-0.39, 0.29) is 68.3 Å². The van der Waals surface area contributed by atoms with Crippen molar-refractivity contribution in [1.29, 1.82) is 0 Å². The fourth-order valence-electron chi connectivity index (χ4n) is 11.8. The molecule has 82 heavy (non-hydrogen) atoms. The molecule has 0 unspecified atom stereocenters. The van der Waals surface area contributed by atoms with Crippen LogP contribution in [0.15, 0.2) is 191 Å². The highest BCUT2D eigenvalue weighted by Crippen LogP contribution is 2.47. The van der Waals surface area contributed by atoms with Gasteiger partial charge in [0.1, 0.15) is 0 Å². The fourth-order valence-corrected chi connectivity index (χ4v) is 11.8. The molecule has 4 aliphatic heterocycles. The van der Waals surface area contributed by atoms with Crippen molar-refractivity contribution >= 4 is 103 Å². The summed E-state index contributed by atoms with van der Waals surface area (Å²) >= 11 is 0. The number of hydrogen-bond donors (Lipinski definition) is 0. The second-order valence-corrected chi connectivity index (χ2v) is 19.9. The molecular formula is C64H30N8O10. The second-order valence-electron chi connectivity index (χ2n) is 19.9. The number of fused-ring (bicyclic) bond motifs is 4. The van der Waals surface area contributed by atoms with E-state index in [1.807, 2.05) is 36.4 Å². The SMILES string of the molecule is O=C1c2ccc(-c3cccc4c3C(=O)N(c3ccc5ccc6c(N7C(=O)c8ccc(-c9cccc%10c9C(=O)N(c9nnc(-c%11ccccc%11)o9)C%10=O)cc8C7=O)ccc7ccc3c5c76)C4=O)cc2C(=O)N1c1nnc(-c2ccccc2)o1. The van der Waals surface area contributed by atoms with E-state index < -0.39 is 47.3 Å². The topological polar surface area (TPSA) is 227 Å². The summed E-state index contributed by atoms with van der Waals surface area (Å²) < 4.78 is 11.6. The van der Waals surface area contributed by atoms with Crippen LogP contribution >= 0.6 is 0 Å². The third kappa shape index (κ3) is 6.32. The van der Waals surface area contributed by atoms with E-state index in [0.29, 0.717) is 66.3 Å². The van der Waals surface area contributed by atoms with E-state index in [4.69, 9.17) is 8.83 Å². The number of benzene rings is 10. The van der Waals surface area contributed by atoms with Crippen LogP contribution in [0.1, 0.15) is 82.9 Å². The van der Waals surface area contributed by atoms with E-state index in [2.05, 4.69) is 20.4 Å². The Kier molecular flexibility index (Phi) is 9.46. The Morgan fingerprint density at radius 2 is 0.659 bits per heavy atom. The minimum absolute atomic E-state index is 0.0464. The Balaban J connectivity index is 0.717. The first kappa shape index (κ1) is 46.2. The maximum absolute atomic E-state index is 14.9. The predicted molar refractivity (Wildman–Crippen MR) is 298 cm³/mol. The zero-order valence-corrected chi connectivity index (χ0v) is 42.0. The summed E-state index contributed by atoms with van der Waals surface area (Å²) in [6.45, 7) is 0. The smallest absolute Gasteiger partial charge is 0.332 e. The van der Waals surface area contributed by atoms with E-state index in [0.717, 1.165) is 30.4 Å². The zero-order chi connectivity index (χ0) is 55.4. The normalized spacial score (nSPS) is 14.7. The Labute approximate surface area is 460 Å². The van der Waals surface area contributed by atoms with Crippen LogP contribution < -0.4 is 19.6 Å². The van der Waals surface area contributed by atoms with E-state index in [1.54, 1.807) is 121 Å². The maximum atomic E-state index is 14.9. The van der Waals surface area contributed by atoms with Gasteiger partial charge in [0.25, 0.3) is 47.3 Å². The molecule has 0 atom stereocenters. The van der Waals surface area contributed by atoms with Crippen LogP contribution in [0.2, 0.25) is 0 Å². The van der Waals surface area contributed by atoms with Crippen LogP contribution in [-0.2, 0) is 0 Å². The second kappa shape index (κ2) is 16.8. The average molecular weight is 1070 g/mol. The predicted octanol–water partition coefficient (Wildman–Crippen LogP) is 11.2. The first-order valence-electron chi connectivity index (χ1n) is 25.6. The molecule has 0 saturated heterocycles. The molecule has 386 valence electrons. The van der Waals surface area contributed by atoms with Crippen LogP contribution in [0.5, 0.6) is 0 Å². The summed E-state index contributed by atoms with van der Waals surface area (Å²) in [6, 6.07) is 50.6. The van der Waals surface area contributed by atoms with Crippen molar-refractivity contribution in [2.75, 3.05) is 19.6 Å². The van der Waals surface area contributed by atoms with Crippen LogP contribution in [0.25, 0.3) is 77.5 Å². The van der Waals surface area contributed by atoms with Crippen LogP contribution in [0.4, 0.5) is 23.4 Å². The minimum atomic E-state index is -0.700. The Morgan fingerprint density at radius 1 is 0.280 bits per heavy atom. The molecule has 8 amide bonds. The van der Waals surface area contributed by atoms with Crippen molar-refractivity contribution in [3.05, 3.63) is 226 Å². The van der Waals surface area contributed by atoms with Gasteiger partial charge in [-0.15, -0.1) is 10.2 Å². The summed E-state index contributed by atoms with van der Waals surface area (Å²) in [7, 11) is 0. The Morgan fingerprint density at radius 3 is 1.16 bits per heavy atom. The summed E-state index contributed by atoms with van der Waals surface area (Å²) in [5.74, 6) is -4.86. The third-order valence-electron chi connectivity index (χ3n) is 15.6. The van der Waals surface area contributed by atoms with Crippen molar-refractivity contribution < 1.29 is 47.2 Å². The molecule has 18 nitrogen and oxygen atoms in total. The number of nitrogens with zero attached hydrogens (tertiary/aromatic N) is 8. The molecule has 0 bridgehead atoms. The number of hydrogen-bond acceptors (Lipinski definition) is 14. The zero-order valence-electron chi connectivity index (χ0n) is 42.0. The molecule has 0 N–H and O–H groups in total. The minimum Gasteiger partial charge on any atom is -0.403 e. The van der Waals surface area contributed by atoms with E-state index >= 15 is 0 Å². The molecule has 0 saturated carbocycles. The highest BCUT2D eigenvalue weighted by molar-refractivity contribution is 6.41. The van der Waals surface area contributed by atoms with Gasteiger partial charge < -0.3 is 8.83 Å². The number of imide groups is 4. The summed E-state index contributed by atoms with van der Waals surface area (Å²) in [5, 5.41) is 20.1.